The Morgan fingerprint density at radius 1 is 1.16 bits per heavy atom. The maximum Gasteiger partial charge on any atom is 0.321 e. The van der Waals surface area contributed by atoms with E-state index in [4.69, 9.17) is 0 Å². The van der Waals surface area contributed by atoms with Gasteiger partial charge in [0.25, 0.3) is 0 Å². The summed E-state index contributed by atoms with van der Waals surface area (Å²) in [6, 6.07) is 9.25. The molecule has 0 aliphatic carbocycles. The molecule has 2 aromatic rings. The summed E-state index contributed by atoms with van der Waals surface area (Å²) < 4.78 is 1.96. The Bertz CT molecular complexity index is 730. The monoisotopic (exact) mass is 361 g/mol. The number of urea groups is 1. The van der Waals surface area contributed by atoms with Crippen molar-refractivity contribution in [2.24, 2.45) is 0 Å². The number of carbonyl (C=O) groups excluding carboxylic acids is 2. The summed E-state index contributed by atoms with van der Waals surface area (Å²) in [7, 11) is 0. The van der Waals surface area contributed by atoms with Gasteiger partial charge in [-0.2, -0.15) is 0 Å². The number of thioether (sulfide) groups is 1. The van der Waals surface area contributed by atoms with Gasteiger partial charge in [0.2, 0.25) is 5.91 Å². The zero-order chi connectivity index (χ0) is 18.4. The zero-order valence-corrected chi connectivity index (χ0v) is 15.6. The van der Waals surface area contributed by atoms with Crippen molar-refractivity contribution in [2.45, 2.75) is 50.7 Å². The molecule has 0 aliphatic rings. The fourth-order valence-electron chi connectivity index (χ4n) is 2.19. The van der Waals surface area contributed by atoms with Crippen molar-refractivity contribution in [2.75, 3.05) is 0 Å². The molecule has 0 bridgehead atoms. The highest BCUT2D eigenvalue weighted by atomic mass is 32.2. The van der Waals surface area contributed by atoms with Gasteiger partial charge >= 0.3 is 6.03 Å². The molecule has 0 fully saturated rings. The second-order valence-corrected chi connectivity index (χ2v) is 7.10. The van der Waals surface area contributed by atoms with E-state index in [1.54, 1.807) is 6.92 Å². The molecule has 0 saturated carbocycles. The van der Waals surface area contributed by atoms with Crippen LogP contribution < -0.4 is 10.6 Å². The summed E-state index contributed by atoms with van der Waals surface area (Å²) in [5.41, 5.74) is 0.970. The molecule has 1 aromatic heterocycles. The Balaban J connectivity index is 2.08. The number of aromatic nitrogens is 3. The van der Waals surface area contributed by atoms with Crippen LogP contribution in [0.3, 0.4) is 0 Å². The van der Waals surface area contributed by atoms with Gasteiger partial charge in [-0.25, -0.2) is 4.79 Å². The van der Waals surface area contributed by atoms with Crippen molar-refractivity contribution < 1.29 is 9.59 Å². The highest BCUT2D eigenvalue weighted by Gasteiger charge is 2.21. The summed E-state index contributed by atoms with van der Waals surface area (Å²) in [6.07, 6.45) is 0. The van der Waals surface area contributed by atoms with Gasteiger partial charge in [-0.15, -0.1) is 10.2 Å². The molecular formula is C17H23N5O2S. The molecule has 0 spiro atoms. The minimum atomic E-state index is -0.491. The number of hydrogen-bond acceptors (Lipinski definition) is 5. The van der Waals surface area contributed by atoms with E-state index in [2.05, 4.69) is 20.8 Å². The molecule has 2 rings (SSSR count). The molecule has 0 unspecified atom stereocenters. The van der Waals surface area contributed by atoms with Gasteiger partial charge < -0.3 is 9.88 Å². The maximum atomic E-state index is 12.2. The summed E-state index contributed by atoms with van der Waals surface area (Å²) in [5.74, 6) is 0.394. The standard InChI is InChI=1S/C17H23N5O2S/c1-5-22-14(13-9-7-6-8-10-13)20-21-17(22)25-12(4)15(23)19-16(24)18-11(2)3/h6-12H,5H2,1-4H3,(H2,18,19,23,24)/t12-/m1/s1. The first-order chi connectivity index (χ1) is 11.9. The van der Waals surface area contributed by atoms with Crippen LogP contribution in [0.1, 0.15) is 27.7 Å². The molecular weight excluding hydrogens is 338 g/mol. The minimum Gasteiger partial charge on any atom is -0.336 e. The van der Waals surface area contributed by atoms with Gasteiger partial charge in [0.15, 0.2) is 11.0 Å². The van der Waals surface area contributed by atoms with Gasteiger partial charge in [-0.05, 0) is 27.7 Å². The lowest BCUT2D eigenvalue weighted by Gasteiger charge is -2.13. The second kappa shape index (κ2) is 8.66. The Labute approximate surface area is 151 Å². The van der Waals surface area contributed by atoms with E-state index in [0.29, 0.717) is 11.7 Å². The molecule has 25 heavy (non-hydrogen) atoms. The fraction of sp³-hybridized carbons (Fsp3) is 0.412. The van der Waals surface area contributed by atoms with Crippen LogP contribution in [-0.2, 0) is 11.3 Å². The first kappa shape index (κ1) is 19.0. The summed E-state index contributed by atoms with van der Waals surface area (Å²) in [5, 5.41) is 13.6. The summed E-state index contributed by atoms with van der Waals surface area (Å²) >= 11 is 1.28. The number of carbonyl (C=O) groups is 2. The van der Waals surface area contributed by atoms with Crippen LogP contribution in [0.5, 0.6) is 0 Å². The van der Waals surface area contributed by atoms with E-state index < -0.39 is 11.3 Å². The molecule has 8 heteroatoms. The van der Waals surface area contributed by atoms with E-state index in [-0.39, 0.29) is 11.9 Å². The lowest BCUT2D eigenvalue weighted by Crippen LogP contribution is -2.45. The highest BCUT2D eigenvalue weighted by molar-refractivity contribution is 8.00. The normalized spacial score (nSPS) is 12.0. The molecule has 134 valence electrons. The van der Waals surface area contributed by atoms with E-state index in [1.807, 2.05) is 55.7 Å². The van der Waals surface area contributed by atoms with Crippen LogP contribution in [0.2, 0.25) is 0 Å². The third-order valence-corrected chi connectivity index (χ3v) is 4.45. The van der Waals surface area contributed by atoms with Crippen molar-refractivity contribution >= 4 is 23.7 Å². The molecule has 7 nitrogen and oxygen atoms in total. The summed E-state index contributed by atoms with van der Waals surface area (Å²) in [4.78, 5) is 23.8. The fourth-order valence-corrected chi connectivity index (χ4v) is 3.10. The lowest BCUT2D eigenvalue weighted by atomic mass is 10.2. The molecule has 0 saturated heterocycles. The van der Waals surface area contributed by atoms with E-state index >= 15 is 0 Å². The quantitative estimate of drug-likeness (QED) is 0.772. The van der Waals surface area contributed by atoms with Crippen LogP contribution in [0.4, 0.5) is 4.79 Å². The van der Waals surface area contributed by atoms with Crippen molar-refractivity contribution in [3.63, 3.8) is 0 Å². The minimum absolute atomic E-state index is 0.0348. The first-order valence-corrected chi connectivity index (χ1v) is 9.07. The molecule has 1 heterocycles. The average molecular weight is 361 g/mol. The van der Waals surface area contributed by atoms with E-state index in [9.17, 15) is 9.59 Å². The van der Waals surface area contributed by atoms with Crippen molar-refractivity contribution in [1.82, 2.24) is 25.4 Å². The number of nitrogens with zero attached hydrogens (tertiary/aromatic N) is 3. The summed E-state index contributed by atoms with van der Waals surface area (Å²) in [6.45, 7) is 8.08. The predicted molar refractivity (Wildman–Crippen MR) is 98.3 cm³/mol. The van der Waals surface area contributed by atoms with E-state index in [1.165, 1.54) is 11.8 Å². The largest absolute Gasteiger partial charge is 0.336 e. The Morgan fingerprint density at radius 2 is 1.84 bits per heavy atom. The highest BCUT2D eigenvalue weighted by Crippen LogP contribution is 2.26. The predicted octanol–water partition coefficient (Wildman–Crippen LogP) is 2.68. The van der Waals surface area contributed by atoms with E-state index in [0.717, 1.165) is 11.4 Å². The smallest absolute Gasteiger partial charge is 0.321 e. The average Bonchev–Trinajstić information content (AvgIpc) is 2.97. The van der Waals surface area contributed by atoms with Crippen LogP contribution >= 0.6 is 11.8 Å². The third kappa shape index (κ3) is 5.06. The van der Waals surface area contributed by atoms with Crippen LogP contribution in [0, 0.1) is 0 Å². The topological polar surface area (TPSA) is 88.9 Å². The van der Waals surface area contributed by atoms with Gasteiger partial charge in [0.1, 0.15) is 0 Å². The van der Waals surface area contributed by atoms with Crippen LogP contribution in [0.25, 0.3) is 11.4 Å². The number of nitrogens with one attached hydrogen (secondary N) is 2. The van der Waals surface area contributed by atoms with Gasteiger partial charge in [-0.1, -0.05) is 42.1 Å². The van der Waals surface area contributed by atoms with Crippen molar-refractivity contribution in [3.8, 4) is 11.4 Å². The number of imide groups is 1. The second-order valence-electron chi connectivity index (χ2n) is 5.79. The van der Waals surface area contributed by atoms with Crippen molar-refractivity contribution in [3.05, 3.63) is 30.3 Å². The SMILES string of the molecule is CCn1c(S[C@H](C)C(=O)NC(=O)NC(C)C)nnc1-c1ccccc1. The Morgan fingerprint density at radius 3 is 2.44 bits per heavy atom. The van der Waals surface area contributed by atoms with Gasteiger partial charge in [-0.3, -0.25) is 10.1 Å². The zero-order valence-electron chi connectivity index (χ0n) is 14.8. The Kier molecular flexibility index (Phi) is 6.58. The number of amides is 3. The number of rotatable bonds is 6. The molecule has 3 amide bonds. The van der Waals surface area contributed by atoms with Crippen molar-refractivity contribution in [1.29, 1.82) is 0 Å². The lowest BCUT2D eigenvalue weighted by molar-refractivity contribution is -0.119. The molecule has 1 atom stereocenters. The van der Waals surface area contributed by atoms with Gasteiger partial charge in [0, 0.05) is 18.2 Å². The Hall–Kier alpha value is -2.35. The third-order valence-electron chi connectivity index (χ3n) is 3.37. The number of benzene rings is 1. The molecule has 1 aromatic carbocycles. The van der Waals surface area contributed by atoms with Gasteiger partial charge in [0.05, 0.1) is 5.25 Å². The maximum absolute atomic E-state index is 12.2. The molecule has 0 radical (unpaired) electrons. The number of hydrogen-bond donors (Lipinski definition) is 2. The first-order valence-electron chi connectivity index (χ1n) is 8.19. The molecule has 0 aliphatic heterocycles. The van der Waals surface area contributed by atoms with Crippen LogP contribution in [0.15, 0.2) is 35.5 Å². The molecule has 2 N–H and O–H groups in total. The van der Waals surface area contributed by atoms with Crippen LogP contribution in [-0.4, -0.2) is 38.0 Å².